The number of thiophene rings is 1. The molecule has 0 aliphatic heterocycles. The lowest BCUT2D eigenvalue weighted by Gasteiger charge is -2.07. The van der Waals surface area contributed by atoms with Crippen LogP contribution in [0.3, 0.4) is 0 Å². The Morgan fingerprint density at radius 2 is 1.93 bits per heavy atom. The van der Waals surface area contributed by atoms with E-state index in [-0.39, 0.29) is 15.7 Å². The highest BCUT2D eigenvalue weighted by Crippen LogP contribution is 2.24. The van der Waals surface area contributed by atoms with Crippen LogP contribution in [0.5, 0.6) is 0 Å². The molecule has 154 valence electrons. The SMILES string of the molecule is O=C(/C=C/c1ccc([N+](=O)[O-])s1)Nc1ccc(S(=O)(=O)Nc2ncc[nH]c2=O)cc1. The molecule has 3 N–H and O–H groups in total. The minimum atomic E-state index is -4.04. The Balaban J connectivity index is 1.65. The first kappa shape index (κ1) is 20.9. The molecule has 1 aromatic carbocycles. The van der Waals surface area contributed by atoms with E-state index in [2.05, 4.69) is 20.0 Å². The largest absolute Gasteiger partial charge is 0.324 e. The molecule has 1 amide bonds. The van der Waals surface area contributed by atoms with Gasteiger partial charge in [-0.05, 0) is 36.4 Å². The van der Waals surface area contributed by atoms with Crippen molar-refractivity contribution in [2.45, 2.75) is 4.90 Å². The second kappa shape index (κ2) is 8.67. The summed E-state index contributed by atoms with van der Waals surface area (Å²) in [6, 6.07) is 8.11. The lowest BCUT2D eigenvalue weighted by atomic mass is 10.3. The van der Waals surface area contributed by atoms with E-state index in [0.717, 1.165) is 11.3 Å². The summed E-state index contributed by atoms with van der Waals surface area (Å²) in [5.74, 6) is -0.867. The maximum atomic E-state index is 12.3. The number of aromatic nitrogens is 2. The number of benzene rings is 1. The van der Waals surface area contributed by atoms with Crippen LogP contribution >= 0.6 is 11.3 Å². The number of hydrogen-bond donors (Lipinski definition) is 3. The summed E-state index contributed by atoms with van der Waals surface area (Å²) in [7, 11) is -4.04. The van der Waals surface area contributed by atoms with Crippen molar-refractivity contribution in [1.82, 2.24) is 9.97 Å². The molecular weight excluding hydrogens is 434 g/mol. The number of nitrogens with zero attached hydrogens (tertiary/aromatic N) is 2. The lowest BCUT2D eigenvalue weighted by Crippen LogP contribution is -2.21. The number of nitro groups is 1. The third-order valence-corrected chi connectivity index (χ3v) is 5.92. The van der Waals surface area contributed by atoms with E-state index >= 15 is 0 Å². The topological polar surface area (TPSA) is 164 Å². The highest BCUT2D eigenvalue weighted by Gasteiger charge is 2.16. The average Bonchev–Trinajstić information content (AvgIpc) is 3.18. The van der Waals surface area contributed by atoms with Crippen molar-refractivity contribution in [3.05, 3.63) is 80.2 Å². The molecule has 0 atom stereocenters. The van der Waals surface area contributed by atoms with E-state index in [4.69, 9.17) is 0 Å². The van der Waals surface area contributed by atoms with Crippen molar-refractivity contribution in [2.24, 2.45) is 0 Å². The molecule has 0 aliphatic carbocycles. The molecule has 3 aromatic rings. The van der Waals surface area contributed by atoms with Crippen LogP contribution in [0.2, 0.25) is 0 Å². The monoisotopic (exact) mass is 447 g/mol. The van der Waals surface area contributed by atoms with E-state index in [1.807, 2.05) is 0 Å². The van der Waals surface area contributed by atoms with Crippen molar-refractivity contribution < 1.29 is 18.1 Å². The molecule has 2 heterocycles. The van der Waals surface area contributed by atoms with Gasteiger partial charge in [0.1, 0.15) is 0 Å². The number of H-pyrrole nitrogens is 1. The van der Waals surface area contributed by atoms with Crippen molar-refractivity contribution >= 4 is 49.8 Å². The molecule has 2 aromatic heterocycles. The Morgan fingerprint density at radius 3 is 2.57 bits per heavy atom. The maximum Gasteiger partial charge on any atom is 0.324 e. The maximum absolute atomic E-state index is 12.3. The second-order valence-electron chi connectivity index (χ2n) is 5.65. The van der Waals surface area contributed by atoms with Crippen LogP contribution in [0.25, 0.3) is 6.08 Å². The third-order valence-electron chi connectivity index (χ3n) is 3.56. The molecule has 0 unspecified atom stereocenters. The second-order valence-corrected chi connectivity index (χ2v) is 8.43. The average molecular weight is 447 g/mol. The number of aromatic amines is 1. The van der Waals surface area contributed by atoms with Gasteiger partial charge in [0.25, 0.3) is 15.6 Å². The number of carbonyl (C=O) groups is 1. The van der Waals surface area contributed by atoms with Crippen LogP contribution in [0, 0.1) is 10.1 Å². The van der Waals surface area contributed by atoms with Gasteiger partial charge in [-0.15, -0.1) is 0 Å². The molecule has 0 bridgehead atoms. The van der Waals surface area contributed by atoms with Crippen LogP contribution in [-0.2, 0) is 14.8 Å². The van der Waals surface area contributed by atoms with Crippen LogP contribution < -0.4 is 15.6 Å². The Bertz CT molecular complexity index is 1280. The van der Waals surface area contributed by atoms with Crippen molar-refractivity contribution in [2.75, 3.05) is 10.0 Å². The molecule has 3 rings (SSSR count). The highest BCUT2D eigenvalue weighted by atomic mass is 32.2. The van der Waals surface area contributed by atoms with E-state index in [9.17, 15) is 28.1 Å². The summed E-state index contributed by atoms with van der Waals surface area (Å²) in [5, 5.41) is 13.2. The number of hydrogen-bond acceptors (Lipinski definition) is 8. The zero-order valence-corrected chi connectivity index (χ0v) is 16.6. The van der Waals surface area contributed by atoms with Crippen LogP contribution in [0.15, 0.2) is 64.6 Å². The van der Waals surface area contributed by atoms with Gasteiger partial charge in [-0.25, -0.2) is 13.4 Å². The predicted octanol–water partition coefficient (Wildman–Crippen LogP) is 2.19. The van der Waals surface area contributed by atoms with Gasteiger partial charge in [0.05, 0.1) is 9.82 Å². The normalized spacial score (nSPS) is 11.3. The predicted molar refractivity (Wildman–Crippen MR) is 111 cm³/mol. The molecule has 0 spiro atoms. The first-order valence-electron chi connectivity index (χ1n) is 8.14. The summed E-state index contributed by atoms with van der Waals surface area (Å²) in [6.07, 6.45) is 5.14. The van der Waals surface area contributed by atoms with Gasteiger partial charge < -0.3 is 10.3 Å². The van der Waals surface area contributed by atoms with Crippen LogP contribution in [-0.4, -0.2) is 29.2 Å². The Labute approximate surface area is 173 Å². The van der Waals surface area contributed by atoms with Gasteiger partial charge in [0, 0.05) is 35.1 Å². The molecule has 0 saturated heterocycles. The summed E-state index contributed by atoms with van der Waals surface area (Å²) >= 11 is 0.926. The van der Waals surface area contributed by atoms with Gasteiger partial charge in [-0.2, -0.15) is 0 Å². The van der Waals surface area contributed by atoms with Gasteiger partial charge in [0.15, 0.2) is 0 Å². The first-order valence-corrected chi connectivity index (χ1v) is 10.4. The summed E-state index contributed by atoms with van der Waals surface area (Å²) in [6.45, 7) is 0. The van der Waals surface area contributed by atoms with Crippen molar-refractivity contribution in [3.63, 3.8) is 0 Å². The fourth-order valence-corrected chi connectivity index (χ4v) is 3.94. The number of anilines is 2. The quantitative estimate of drug-likeness (QED) is 0.284. The number of sulfonamides is 1. The summed E-state index contributed by atoms with van der Waals surface area (Å²) in [4.78, 5) is 40.1. The van der Waals surface area contributed by atoms with E-state index in [1.165, 1.54) is 60.9 Å². The molecule has 30 heavy (non-hydrogen) atoms. The zero-order valence-electron chi connectivity index (χ0n) is 14.9. The summed E-state index contributed by atoms with van der Waals surface area (Å²) in [5.41, 5.74) is -0.357. The molecule has 0 saturated carbocycles. The molecule has 13 heteroatoms. The third kappa shape index (κ3) is 5.15. The van der Waals surface area contributed by atoms with E-state index in [0.29, 0.717) is 10.6 Å². The minimum Gasteiger partial charge on any atom is -0.324 e. The van der Waals surface area contributed by atoms with Crippen molar-refractivity contribution in [1.29, 1.82) is 0 Å². The smallest absolute Gasteiger partial charge is 0.324 e. The Morgan fingerprint density at radius 1 is 1.20 bits per heavy atom. The van der Waals surface area contributed by atoms with Gasteiger partial charge >= 0.3 is 5.00 Å². The van der Waals surface area contributed by atoms with Gasteiger partial charge in [-0.3, -0.25) is 24.4 Å². The molecule has 0 radical (unpaired) electrons. The van der Waals surface area contributed by atoms with E-state index < -0.39 is 26.4 Å². The lowest BCUT2D eigenvalue weighted by molar-refractivity contribution is -0.380. The highest BCUT2D eigenvalue weighted by molar-refractivity contribution is 7.92. The molecule has 11 nitrogen and oxygen atoms in total. The first-order chi connectivity index (χ1) is 14.2. The standard InChI is InChI=1S/C17H13N5O6S2/c23-14(7-3-12-4-8-15(29-12)22(25)26)20-11-1-5-13(6-2-11)30(27,28)21-16-17(24)19-10-9-18-16/h1-10H,(H,18,21)(H,19,24)(H,20,23)/b7-3+. The van der Waals surface area contributed by atoms with Crippen LogP contribution in [0.1, 0.15) is 4.88 Å². The Kier molecular flexibility index (Phi) is 6.03. The Hall–Kier alpha value is -3.84. The fraction of sp³-hybridized carbons (Fsp3) is 0. The number of nitrogens with one attached hydrogen (secondary N) is 3. The zero-order chi connectivity index (χ0) is 21.7. The fourth-order valence-electron chi connectivity index (χ4n) is 2.20. The summed E-state index contributed by atoms with van der Waals surface area (Å²) < 4.78 is 26.8. The number of rotatable bonds is 7. The van der Waals surface area contributed by atoms with E-state index in [1.54, 1.807) is 0 Å². The molecule has 0 fully saturated rings. The van der Waals surface area contributed by atoms with Crippen molar-refractivity contribution in [3.8, 4) is 0 Å². The molecular formula is C17H13N5O6S2. The molecule has 0 aliphatic rings. The van der Waals surface area contributed by atoms with Gasteiger partial charge in [0.2, 0.25) is 11.7 Å². The van der Waals surface area contributed by atoms with Gasteiger partial charge in [-0.1, -0.05) is 11.3 Å². The number of carbonyl (C=O) groups excluding carboxylic acids is 1. The number of amides is 1. The minimum absolute atomic E-state index is 0.0341. The van der Waals surface area contributed by atoms with Crippen LogP contribution in [0.4, 0.5) is 16.5 Å².